The van der Waals surface area contributed by atoms with Gasteiger partial charge >= 0.3 is 6.04 Å². The number of carbonyl (C=O) groups is 2. The van der Waals surface area contributed by atoms with Crippen LogP contribution in [0.5, 0.6) is 0 Å². The molecule has 37 heavy (non-hydrogen) atoms. The van der Waals surface area contributed by atoms with Gasteiger partial charge in [0.25, 0.3) is 0 Å². The second-order valence-electron chi connectivity index (χ2n) is 8.07. The summed E-state index contributed by atoms with van der Waals surface area (Å²) in [6, 6.07) is 4.16. The number of nitrogens with one attached hydrogen (secondary N) is 1. The number of hydrogen-bond donors (Lipinski definition) is 4. The topological polar surface area (TPSA) is 182 Å². The number of nitroso groups, excluding NO2 is 1. The summed E-state index contributed by atoms with van der Waals surface area (Å²) in [6.45, 7) is 3.12. The van der Waals surface area contributed by atoms with Crippen LogP contribution in [0.25, 0.3) is 0 Å². The number of nitrogens with zero attached hydrogens (tertiary/aromatic N) is 2. The van der Waals surface area contributed by atoms with Crippen LogP contribution in [0, 0.1) is 4.91 Å². The molecule has 5 N–H and O–H groups in total. The minimum atomic E-state index is -1.85. The van der Waals surface area contributed by atoms with Crippen LogP contribution in [0.15, 0.2) is 46.3 Å². The Balaban J connectivity index is 0.00000334. The lowest BCUT2D eigenvalue weighted by Crippen LogP contribution is -2.50. The van der Waals surface area contributed by atoms with Crippen molar-refractivity contribution in [3.8, 4) is 0 Å². The molecule has 12 nitrogen and oxygen atoms in total. The van der Waals surface area contributed by atoms with E-state index in [0.29, 0.717) is 18.5 Å². The molecule has 1 aliphatic heterocycles. The van der Waals surface area contributed by atoms with Crippen LogP contribution in [0.2, 0.25) is 0 Å². The zero-order valence-electron chi connectivity index (χ0n) is 21.3. The molecular formula is C24H35FN4O8. The number of aliphatic hydroxyl groups is 2. The SMILES string of the molecule is CO.CO[C@@H](C)[C@@H](O)[C@@H](C)O[C@H]1OC(CN=C(N)C(=O)F)=CC[C@H]1NC(=O)CCc1ccc(N=O)cc1. The van der Waals surface area contributed by atoms with Crippen LogP contribution in [0.4, 0.5) is 10.1 Å². The average molecular weight is 527 g/mol. The summed E-state index contributed by atoms with van der Waals surface area (Å²) in [4.78, 5) is 37.4. The van der Waals surface area contributed by atoms with Gasteiger partial charge in [-0.25, -0.2) is 0 Å². The van der Waals surface area contributed by atoms with E-state index in [-0.39, 0.29) is 24.6 Å². The smallest absolute Gasteiger partial charge is 0.366 e. The van der Waals surface area contributed by atoms with Crippen molar-refractivity contribution in [2.24, 2.45) is 15.9 Å². The highest BCUT2D eigenvalue weighted by molar-refractivity contribution is 6.34. The molecule has 0 aromatic heterocycles. The second-order valence-corrected chi connectivity index (χ2v) is 8.07. The molecule has 5 atom stereocenters. The van der Waals surface area contributed by atoms with Gasteiger partial charge in [-0.15, -0.1) is 4.91 Å². The fraction of sp³-hybridized carbons (Fsp3) is 0.542. The van der Waals surface area contributed by atoms with Gasteiger partial charge in [0.05, 0.1) is 24.8 Å². The highest BCUT2D eigenvalue weighted by atomic mass is 19.1. The minimum Gasteiger partial charge on any atom is -0.465 e. The van der Waals surface area contributed by atoms with E-state index < -0.39 is 42.5 Å². The Morgan fingerprint density at radius 1 is 1.24 bits per heavy atom. The first-order valence-corrected chi connectivity index (χ1v) is 11.5. The number of amides is 1. The van der Waals surface area contributed by atoms with E-state index in [9.17, 15) is 24.0 Å². The standard InChI is InChI=1S/C23H31FN4O7.CH4O/c1-13(33-3)20(30)14(2)34-23-18(10-9-17(35-23)12-26-22(25)21(24)31)27-19(29)11-6-15-4-7-16(28-32)8-5-15;1-2/h4-5,7-9,13-14,18,20,23,30H,6,10-12H2,1-3H3,(H2,25,26)(H,27,29);2H,1H3/t13-,14+,18+,20+,23-;/m0./s1. The zero-order chi connectivity index (χ0) is 28.0. The van der Waals surface area contributed by atoms with Crippen molar-refractivity contribution in [2.45, 2.75) is 63.8 Å². The molecule has 0 radical (unpaired) electrons. The van der Waals surface area contributed by atoms with Crippen LogP contribution >= 0.6 is 0 Å². The lowest BCUT2D eigenvalue weighted by atomic mass is 10.1. The number of ether oxygens (including phenoxy) is 3. The van der Waals surface area contributed by atoms with Crippen molar-refractivity contribution >= 4 is 23.5 Å². The summed E-state index contributed by atoms with van der Waals surface area (Å²) in [7, 11) is 2.46. The molecule has 1 amide bonds. The van der Waals surface area contributed by atoms with Gasteiger partial charge in [-0.2, -0.15) is 4.39 Å². The summed E-state index contributed by atoms with van der Waals surface area (Å²) < 4.78 is 29.5. The Morgan fingerprint density at radius 3 is 2.46 bits per heavy atom. The summed E-state index contributed by atoms with van der Waals surface area (Å²) in [6.07, 6.45) is -0.666. The van der Waals surface area contributed by atoms with E-state index >= 15 is 0 Å². The van der Waals surface area contributed by atoms with Crippen molar-refractivity contribution in [2.75, 3.05) is 20.8 Å². The average Bonchev–Trinajstić information content (AvgIpc) is 2.92. The number of rotatable bonds is 13. The molecule has 1 aliphatic rings. The van der Waals surface area contributed by atoms with Gasteiger partial charge in [0.2, 0.25) is 12.2 Å². The fourth-order valence-electron chi connectivity index (χ4n) is 3.30. The first kappa shape index (κ1) is 31.8. The largest absolute Gasteiger partial charge is 0.465 e. The lowest BCUT2D eigenvalue weighted by molar-refractivity contribution is -0.200. The van der Waals surface area contributed by atoms with Crippen LogP contribution in [-0.4, -0.2) is 79.4 Å². The maximum Gasteiger partial charge on any atom is 0.366 e. The number of halogens is 1. The molecule has 0 saturated carbocycles. The minimum absolute atomic E-state index is 0.173. The van der Waals surface area contributed by atoms with Gasteiger partial charge in [-0.05, 0) is 55.6 Å². The van der Waals surface area contributed by atoms with Crippen molar-refractivity contribution in [3.63, 3.8) is 0 Å². The van der Waals surface area contributed by atoms with Crippen LogP contribution in [0.1, 0.15) is 32.3 Å². The van der Waals surface area contributed by atoms with Gasteiger partial charge < -0.3 is 35.5 Å². The summed E-state index contributed by atoms with van der Waals surface area (Å²) in [5.41, 5.74) is 6.39. The highest BCUT2D eigenvalue weighted by Crippen LogP contribution is 2.22. The summed E-state index contributed by atoms with van der Waals surface area (Å²) in [5, 5.41) is 23.1. The van der Waals surface area contributed by atoms with E-state index in [1.165, 1.54) is 7.11 Å². The van der Waals surface area contributed by atoms with Gasteiger partial charge in [0.1, 0.15) is 17.6 Å². The lowest BCUT2D eigenvalue weighted by Gasteiger charge is -2.35. The van der Waals surface area contributed by atoms with Crippen molar-refractivity contribution in [1.82, 2.24) is 5.32 Å². The molecule has 206 valence electrons. The third-order valence-corrected chi connectivity index (χ3v) is 5.51. The second kappa shape index (κ2) is 16.5. The van der Waals surface area contributed by atoms with Crippen molar-refractivity contribution in [1.29, 1.82) is 0 Å². The molecule has 0 unspecified atom stereocenters. The predicted octanol–water partition coefficient (Wildman–Crippen LogP) is 1.39. The molecule has 1 aromatic carbocycles. The molecule has 0 bridgehead atoms. The van der Waals surface area contributed by atoms with Crippen molar-refractivity contribution < 1.29 is 38.4 Å². The molecule has 1 aromatic rings. The number of benzene rings is 1. The summed E-state index contributed by atoms with van der Waals surface area (Å²) >= 11 is 0. The van der Waals surface area contributed by atoms with E-state index in [1.807, 2.05) is 0 Å². The fourth-order valence-corrected chi connectivity index (χ4v) is 3.30. The molecule has 0 fully saturated rings. The number of aliphatic hydroxyl groups excluding tert-OH is 2. The Kier molecular flexibility index (Phi) is 14.1. The van der Waals surface area contributed by atoms with Crippen LogP contribution in [-0.2, 0) is 30.2 Å². The van der Waals surface area contributed by atoms with Crippen LogP contribution in [0.3, 0.4) is 0 Å². The Bertz CT molecular complexity index is 941. The third kappa shape index (κ3) is 10.7. The number of aryl methyl sites for hydroxylation is 1. The first-order valence-electron chi connectivity index (χ1n) is 11.5. The quantitative estimate of drug-likeness (QED) is 0.128. The predicted molar refractivity (Wildman–Crippen MR) is 133 cm³/mol. The maximum absolute atomic E-state index is 12.6. The third-order valence-electron chi connectivity index (χ3n) is 5.51. The monoisotopic (exact) mass is 526 g/mol. The molecular weight excluding hydrogens is 491 g/mol. The number of amidine groups is 1. The Morgan fingerprint density at radius 2 is 1.89 bits per heavy atom. The Labute approximate surface area is 214 Å². The molecule has 0 aliphatic carbocycles. The Hall–Kier alpha value is -3.26. The van der Waals surface area contributed by atoms with Crippen molar-refractivity contribution in [3.05, 3.63) is 46.6 Å². The van der Waals surface area contributed by atoms with E-state index in [2.05, 4.69) is 15.5 Å². The van der Waals surface area contributed by atoms with E-state index in [1.54, 1.807) is 44.2 Å². The number of hydrogen-bond acceptors (Lipinski definition) is 10. The highest BCUT2D eigenvalue weighted by Gasteiger charge is 2.33. The molecule has 1 heterocycles. The molecule has 2 rings (SSSR count). The van der Waals surface area contributed by atoms with Gasteiger partial charge in [-0.1, -0.05) is 12.1 Å². The zero-order valence-corrected chi connectivity index (χ0v) is 21.3. The number of carbonyl (C=O) groups excluding carboxylic acids is 2. The number of methoxy groups -OCH3 is 1. The van der Waals surface area contributed by atoms with E-state index in [4.69, 9.17) is 25.1 Å². The number of nitrogens with two attached hydrogens (primary N) is 1. The number of aliphatic imine (C=N–C) groups is 1. The summed E-state index contributed by atoms with van der Waals surface area (Å²) in [5.74, 6) is -0.766. The molecule has 0 spiro atoms. The van der Waals surface area contributed by atoms with Gasteiger partial charge in [-0.3, -0.25) is 14.6 Å². The first-order chi connectivity index (χ1) is 17.6. The van der Waals surface area contributed by atoms with Gasteiger partial charge in [0.15, 0.2) is 5.84 Å². The normalized spacial score (nSPS) is 19.8. The molecule has 13 heteroatoms. The van der Waals surface area contributed by atoms with Crippen LogP contribution < -0.4 is 11.1 Å². The molecule has 0 saturated heterocycles. The van der Waals surface area contributed by atoms with Gasteiger partial charge in [0, 0.05) is 20.6 Å². The van der Waals surface area contributed by atoms with E-state index in [0.717, 1.165) is 12.7 Å². The maximum atomic E-state index is 12.6.